The quantitative estimate of drug-likeness (QED) is 0.160. The molecule has 0 aliphatic heterocycles. The zero-order chi connectivity index (χ0) is 52.7. The standard InChI is InChI=1S/C70H36Cl2N6S2/c71-69-75-65(73-67(77-69)54-28-13-26-52-46-19-9-10-29-59(46)79-63(52)54)38-30-32-45-43-17-4-6-20-47(43)61-39(23-11-25-50(61)55(45)35-38)37-31-33-60-56(34-37)57-36-58(44-18-5-8-22-51(44)64(57)80-60)68-74-66(76-70(72)78-68)53-27-12-24-49-42-15-2-1-14-40(42)41-16-3-7-21-48(41)62(49)53/h1-36H. The second-order valence-electron chi connectivity index (χ2n) is 20.3. The van der Waals surface area contributed by atoms with E-state index < -0.39 is 0 Å². The van der Waals surface area contributed by atoms with Gasteiger partial charge in [-0.3, -0.25) is 0 Å². The molecule has 0 fully saturated rings. The minimum atomic E-state index is 0.138. The van der Waals surface area contributed by atoms with E-state index in [1.165, 1.54) is 57.2 Å². The highest BCUT2D eigenvalue weighted by atomic mass is 35.5. The summed E-state index contributed by atoms with van der Waals surface area (Å²) in [6, 6.07) is 77.9. The van der Waals surface area contributed by atoms with Gasteiger partial charge in [0, 0.05) is 73.4 Å². The minimum Gasteiger partial charge on any atom is -0.208 e. The molecule has 0 saturated heterocycles. The third kappa shape index (κ3) is 6.90. The minimum absolute atomic E-state index is 0.138. The van der Waals surface area contributed by atoms with Crippen LogP contribution in [0.2, 0.25) is 10.6 Å². The van der Waals surface area contributed by atoms with E-state index in [1.807, 2.05) is 11.3 Å². The van der Waals surface area contributed by atoms with Gasteiger partial charge in [0.2, 0.25) is 10.6 Å². The Morgan fingerprint density at radius 2 is 0.662 bits per heavy atom. The molecule has 13 aromatic carbocycles. The Morgan fingerprint density at radius 1 is 0.237 bits per heavy atom. The summed E-state index contributed by atoms with van der Waals surface area (Å²) >= 11 is 17.4. The lowest BCUT2D eigenvalue weighted by Gasteiger charge is -2.15. The molecule has 17 aromatic rings. The molecule has 372 valence electrons. The first-order chi connectivity index (χ1) is 39.5. The number of fused-ring (bicyclic) bond motifs is 20. The fourth-order valence-corrected chi connectivity index (χ4v) is 15.3. The number of rotatable bonds is 5. The SMILES string of the molecule is Clc1nc(-c2ccc3c4ccccc4c4c(-c5ccc6sc7c8ccccc8c(-c8nc(Cl)nc(-c9cccc%10c%11ccccc%11c%11ccccc%11c9%10)n8)cc7c6c5)cccc4c3c2)nc(-c2cccc3c2sc2ccccc23)n1. The van der Waals surface area contributed by atoms with Crippen molar-refractivity contribution in [2.75, 3.05) is 0 Å². The molecule has 0 radical (unpaired) electrons. The Kier molecular flexibility index (Phi) is 10.1. The first kappa shape index (κ1) is 45.7. The highest BCUT2D eigenvalue weighted by Crippen LogP contribution is 2.48. The van der Waals surface area contributed by atoms with Gasteiger partial charge in [0.25, 0.3) is 0 Å². The first-order valence-electron chi connectivity index (χ1n) is 26.3. The van der Waals surface area contributed by atoms with Crippen molar-refractivity contribution in [2.24, 2.45) is 0 Å². The molecular weight excluding hydrogens is 1060 g/mol. The van der Waals surface area contributed by atoms with Crippen molar-refractivity contribution in [3.05, 3.63) is 229 Å². The van der Waals surface area contributed by atoms with Crippen molar-refractivity contribution >= 4 is 162 Å². The Bertz CT molecular complexity index is 5510. The van der Waals surface area contributed by atoms with E-state index in [-0.39, 0.29) is 10.6 Å². The normalized spacial score (nSPS) is 12.1. The van der Waals surface area contributed by atoms with Gasteiger partial charge in [-0.2, -0.15) is 19.9 Å². The van der Waals surface area contributed by atoms with E-state index in [2.05, 4.69) is 218 Å². The topological polar surface area (TPSA) is 77.3 Å². The molecule has 0 bridgehead atoms. The van der Waals surface area contributed by atoms with Crippen LogP contribution in [0.25, 0.3) is 172 Å². The first-order valence-corrected chi connectivity index (χ1v) is 28.7. The van der Waals surface area contributed by atoms with Crippen LogP contribution in [0.4, 0.5) is 0 Å². The Labute approximate surface area is 473 Å². The monoisotopic (exact) mass is 1090 g/mol. The molecule has 0 aliphatic rings. The van der Waals surface area contributed by atoms with Crippen molar-refractivity contribution in [1.29, 1.82) is 0 Å². The summed E-state index contributed by atoms with van der Waals surface area (Å²) in [4.78, 5) is 29.6. The van der Waals surface area contributed by atoms with E-state index in [0.29, 0.717) is 23.3 Å². The average molecular weight is 1100 g/mol. The van der Waals surface area contributed by atoms with Gasteiger partial charge in [-0.05, 0) is 135 Å². The lowest BCUT2D eigenvalue weighted by atomic mass is 9.88. The number of aromatic nitrogens is 6. The van der Waals surface area contributed by atoms with E-state index >= 15 is 0 Å². The summed E-state index contributed by atoms with van der Waals surface area (Å²) in [5.74, 6) is 2.11. The van der Waals surface area contributed by atoms with Crippen LogP contribution in [0.1, 0.15) is 0 Å². The maximum Gasteiger partial charge on any atom is 0.226 e. The van der Waals surface area contributed by atoms with Gasteiger partial charge in [0.05, 0.1) is 0 Å². The molecular formula is C70H36Cl2N6S2. The fourth-order valence-electron chi connectivity index (χ4n) is 12.6. The molecule has 0 saturated carbocycles. The summed E-state index contributed by atoms with van der Waals surface area (Å²) in [6.45, 7) is 0. The van der Waals surface area contributed by atoms with E-state index in [0.717, 1.165) is 91.9 Å². The Morgan fingerprint density at radius 3 is 1.36 bits per heavy atom. The predicted octanol–water partition coefficient (Wildman–Crippen LogP) is 20.5. The summed E-state index contributed by atoms with van der Waals surface area (Å²) in [7, 11) is 0. The van der Waals surface area contributed by atoms with Gasteiger partial charge < -0.3 is 0 Å². The van der Waals surface area contributed by atoms with Crippen LogP contribution in [-0.4, -0.2) is 29.9 Å². The van der Waals surface area contributed by atoms with Gasteiger partial charge in [-0.25, -0.2) is 9.97 Å². The van der Waals surface area contributed by atoms with Crippen LogP contribution in [-0.2, 0) is 0 Å². The second kappa shape index (κ2) is 17.6. The smallest absolute Gasteiger partial charge is 0.208 e. The molecule has 0 amide bonds. The van der Waals surface area contributed by atoms with Crippen molar-refractivity contribution in [2.45, 2.75) is 0 Å². The molecule has 0 N–H and O–H groups in total. The van der Waals surface area contributed by atoms with E-state index in [1.54, 1.807) is 11.3 Å². The average Bonchev–Trinajstić information content (AvgIpc) is 4.15. The summed E-state index contributed by atoms with van der Waals surface area (Å²) < 4.78 is 4.73. The van der Waals surface area contributed by atoms with Crippen LogP contribution >= 0.6 is 45.9 Å². The van der Waals surface area contributed by atoms with Crippen molar-refractivity contribution in [3.8, 4) is 56.7 Å². The molecule has 0 unspecified atom stereocenters. The third-order valence-corrected chi connectivity index (χ3v) is 18.8. The molecule has 4 aromatic heterocycles. The number of hydrogen-bond donors (Lipinski definition) is 0. The molecule has 0 aliphatic carbocycles. The highest BCUT2D eigenvalue weighted by Gasteiger charge is 2.22. The summed E-state index contributed by atoms with van der Waals surface area (Å²) in [5.41, 5.74) is 5.83. The number of nitrogens with zero attached hydrogens (tertiary/aromatic N) is 6. The summed E-state index contributed by atoms with van der Waals surface area (Å²) in [5, 5.41) is 20.9. The van der Waals surface area contributed by atoms with Crippen LogP contribution in [0.3, 0.4) is 0 Å². The van der Waals surface area contributed by atoms with Crippen molar-refractivity contribution in [3.63, 3.8) is 0 Å². The largest absolute Gasteiger partial charge is 0.226 e. The number of hydrogen-bond acceptors (Lipinski definition) is 8. The molecule has 17 rings (SSSR count). The van der Waals surface area contributed by atoms with Gasteiger partial charge in [0.15, 0.2) is 23.3 Å². The van der Waals surface area contributed by atoms with Crippen LogP contribution in [0, 0.1) is 0 Å². The number of thiophene rings is 2. The van der Waals surface area contributed by atoms with Crippen molar-refractivity contribution in [1.82, 2.24) is 29.9 Å². The summed E-state index contributed by atoms with van der Waals surface area (Å²) in [6.07, 6.45) is 0. The Balaban J connectivity index is 0.831. The lowest BCUT2D eigenvalue weighted by Crippen LogP contribution is -1.99. The zero-order valence-corrected chi connectivity index (χ0v) is 45.2. The third-order valence-electron chi connectivity index (χ3n) is 16.0. The number of benzene rings is 13. The lowest BCUT2D eigenvalue weighted by molar-refractivity contribution is 1.07. The van der Waals surface area contributed by atoms with Crippen LogP contribution in [0.15, 0.2) is 218 Å². The van der Waals surface area contributed by atoms with Gasteiger partial charge in [-0.1, -0.05) is 182 Å². The van der Waals surface area contributed by atoms with E-state index in [4.69, 9.17) is 53.1 Å². The molecule has 10 heteroatoms. The van der Waals surface area contributed by atoms with Gasteiger partial charge in [-0.15, -0.1) is 22.7 Å². The van der Waals surface area contributed by atoms with Gasteiger partial charge >= 0.3 is 0 Å². The maximum atomic E-state index is 7.00. The van der Waals surface area contributed by atoms with Crippen LogP contribution in [0.5, 0.6) is 0 Å². The fraction of sp³-hybridized carbons (Fsp3) is 0. The van der Waals surface area contributed by atoms with Crippen LogP contribution < -0.4 is 0 Å². The maximum absolute atomic E-state index is 7.00. The molecule has 4 heterocycles. The second-order valence-corrected chi connectivity index (χ2v) is 23.1. The molecule has 80 heavy (non-hydrogen) atoms. The molecule has 0 atom stereocenters. The predicted molar refractivity (Wildman–Crippen MR) is 339 cm³/mol. The Hall–Kier alpha value is -9.28. The number of halogens is 2. The van der Waals surface area contributed by atoms with Gasteiger partial charge in [0.1, 0.15) is 0 Å². The molecule has 0 spiro atoms. The van der Waals surface area contributed by atoms with Crippen molar-refractivity contribution < 1.29 is 0 Å². The highest BCUT2D eigenvalue weighted by molar-refractivity contribution is 7.27. The zero-order valence-electron chi connectivity index (χ0n) is 42.0. The molecule has 6 nitrogen and oxygen atoms in total. The van der Waals surface area contributed by atoms with E-state index in [9.17, 15) is 0 Å².